The number of amides is 1. The molecule has 11 unspecified atom stereocenters. The van der Waals surface area contributed by atoms with E-state index >= 15 is 4.79 Å². The zero-order valence-corrected chi connectivity index (χ0v) is 39.7. The molecule has 0 bridgehead atoms. The summed E-state index contributed by atoms with van der Waals surface area (Å²) in [6.45, 7) is -1.12. The number of aryl methyl sites for hydroxylation is 1. The topological polar surface area (TPSA) is 307 Å². The first-order valence-electron chi connectivity index (χ1n) is 24.6. The predicted molar refractivity (Wildman–Crippen MR) is 261 cm³/mol. The lowest BCUT2D eigenvalue weighted by atomic mass is 9.48. The van der Waals surface area contributed by atoms with Gasteiger partial charge in [-0.2, -0.15) is 0 Å². The Morgan fingerprint density at radius 1 is 0.932 bits per heavy atom. The van der Waals surface area contributed by atoms with Crippen molar-refractivity contribution in [3.05, 3.63) is 148 Å². The van der Waals surface area contributed by atoms with Crippen molar-refractivity contribution in [3.8, 4) is 23.0 Å². The van der Waals surface area contributed by atoms with Crippen LogP contribution in [0.25, 0.3) is 6.08 Å². The highest BCUT2D eigenvalue weighted by atomic mass is 16.8. The zero-order valence-electron chi connectivity index (χ0n) is 39.7. The highest BCUT2D eigenvalue weighted by Crippen LogP contribution is 2.69. The number of nitrogens with one attached hydrogen (secondary N) is 1. The Bertz CT molecular complexity index is 2960. The van der Waals surface area contributed by atoms with Gasteiger partial charge in [0.25, 0.3) is 5.91 Å². The van der Waals surface area contributed by atoms with Gasteiger partial charge in [-0.25, -0.2) is 9.78 Å². The van der Waals surface area contributed by atoms with Gasteiger partial charge in [0.15, 0.2) is 23.1 Å². The SMILES string of the molecule is O=C(C=Cc1ccc(O)c(Cc2cnc[nH]2)c1)N1c2cc(OC3(O)OC(CO)C(O)C(O)C3O)c(O)cc2C2C(C34CCCCC3CCc3cccc(O)c34)C(CCC(O)c3ccc(CO)cc3)=CC21C(=O)O. The third-order valence-corrected chi connectivity index (χ3v) is 16.2. The number of allylic oxidation sites excluding steroid dienone is 1. The number of nitrogens with zero attached hydrogens (tertiary/aromatic N) is 2. The van der Waals surface area contributed by atoms with E-state index < -0.39 is 89.3 Å². The zero-order chi connectivity index (χ0) is 51.6. The fourth-order valence-electron chi connectivity index (χ4n) is 12.9. The summed E-state index contributed by atoms with van der Waals surface area (Å²) in [4.78, 5) is 38.3. The molecule has 11 atom stereocenters. The van der Waals surface area contributed by atoms with Gasteiger partial charge in [0.05, 0.1) is 31.3 Å². The first kappa shape index (κ1) is 49.9. The maximum atomic E-state index is 15.4. The fourth-order valence-corrected chi connectivity index (χ4v) is 12.9. The lowest BCUT2D eigenvalue weighted by Crippen LogP contribution is -2.67. The number of anilines is 1. The van der Waals surface area contributed by atoms with Crippen LogP contribution in [-0.2, 0) is 39.2 Å². The van der Waals surface area contributed by atoms with E-state index in [1.165, 1.54) is 30.6 Å². The molecule has 73 heavy (non-hydrogen) atoms. The number of hydrogen-bond acceptors (Lipinski definition) is 15. The molecule has 2 aliphatic heterocycles. The quantitative estimate of drug-likeness (QED) is 0.0421. The van der Waals surface area contributed by atoms with Gasteiger partial charge in [-0.15, -0.1) is 0 Å². The number of carbonyl (C=O) groups is 2. The van der Waals surface area contributed by atoms with Crippen LogP contribution in [0, 0.1) is 11.8 Å². The van der Waals surface area contributed by atoms with Crippen molar-refractivity contribution in [2.75, 3.05) is 11.5 Å². The molecule has 3 heterocycles. The number of aliphatic carboxylic acids is 1. The normalized spacial score (nSPS) is 29.8. The van der Waals surface area contributed by atoms with Gasteiger partial charge in [0.1, 0.15) is 29.8 Å². The molecule has 0 spiro atoms. The number of rotatable bonds is 14. The van der Waals surface area contributed by atoms with Crippen LogP contribution in [-0.4, -0.2) is 121 Å². The largest absolute Gasteiger partial charge is 0.508 e. The van der Waals surface area contributed by atoms with Crippen LogP contribution in [0.15, 0.2) is 103 Å². The second-order valence-corrected chi connectivity index (χ2v) is 20.1. The molecule has 18 heteroatoms. The number of benzene rings is 4. The number of aliphatic hydroxyl groups is 7. The average molecular weight is 1000 g/mol. The van der Waals surface area contributed by atoms with Crippen molar-refractivity contribution in [1.29, 1.82) is 0 Å². The molecular weight excluding hydrogens is 943 g/mol. The number of aromatic hydroxyl groups is 3. The van der Waals surface area contributed by atoms with Crippen LogP contribution in [0.2, 0.25) is 0 Å². The number of aromatic amines is 1. The van der Waals surface area contributed by atoms with E-state index in [9.17, 15) is 61.0 Å². The fraction of sp³-hybridized carbons (Fsp3) is 0.400. The lowest BCUT2D eigenvalue weighted by Gasteiger charge is -2.55. The summed E-state index contributed by atoms with van der Waals surface area (Å²) in [7, 11) is 0. The number of phenolic OH excluding ortho intramolecular Hbond substituents is 3. The second-order valence-electron chi connectivity index (χ2n) is 20.1. The molecule has 1 saturated carbocycles. The summed E-state index contributed by atoms with van der Waals surface area (Å²) >= 11 is 0. The minimum absolute atomic E-state index is 0.00900. The minimum Gasteiger partial charge on any atom is -0.508 e. The van der Waals surface area contributed by atoms with E-state index in [2.05, 4.69) is 9.97 Å². The second kappa shape index (κ2) is 19.3. The molecule has 5 aromatic rings. The van der Waals surface area contributed by atoms with Gasteiger partial charge >= 0.3 is 11.9 Å². The average Bonchev–Trinajstić information content (AvgIpc) is 4.10. The van der Waals surface area contributed by atoms with E-state index in [4.69, 9.17) is 9.47 Å². The monoisotopic (exact) mass is 1000 g/mol. The Morgan fingerprint density at radius 2 is 1.73 bits per heavy atom. The lowest BCUT2D eigenvalue weighted by molar-refractivity contribution is -0.422. The Kier molecular flexibility index (Phi) is 13.2. The number of phenols is 3. The van der Waals surface area contributed by atoms with Crippen LogP contribution in [0.4, 0.5) is 5.69 Å². The summed E-state index contributed by atoms with van der Waals surface area (Å²) in [6.07, 6.45) is 3.12. The van der Waals surface area contributed by atoms with Gasteiger partial charge in [0.2, 0.25) is 0 Å². The Hall–Kier alpha value is -6.61. The molecule has 1 amide bonds. The first-order valence-corrected chi connectivity index (χ1v) is 24.6. The molecule has 12 N–H and O–H groups in total. The Balaban J connectivity index is 1.16. The molecule has 2 fully saturated rings. The molecule has 1 saturated heterocycles. The number of aliphatic hydroxyl groups excluding tert-OH is 6. The van der Waals surface area contributed by atoms with E-state index in [1.54, 1.807) is 60.8 Å². The third kappa shape index (κ3) is 8.35. The third-order valence-electron chi connectivity index (χ3n) is 16.2. The van der Waals surface area contributed by atoms with E-state index in [0.29, 0.717) is 58.3 Å². The summed E-state index contributed by atoms with van der Waals surface area (Å²) < 4.78 is 11.1. The highest BCUT2D eigenvalue weighted by Gasteiger charge is 2.69. The molecule has 3 aliphatic carbocycles. The number of hydrogen-bond donors (Lipinski definition) is 12. The van der Waals surface area contributed by atoms with E-state index in [-0.39, 0.29) is 54.5 Å². The molecule has 4 aromatic carbocycles. The van der Waals surface area contributed by atoms with E-state index in [0.717, 1.165) is 35.8 Å². The number of carboxylic acids is 1. The van der Waals surface area contributed by atoms with Crippen molar-refractivity contribution in [2.24, 2.45) is 11.8 Å². The maximum Gasteiger partial charge on any atom is 0.355 e. The van der Waals surface area contributed by atoms with Crippen LogP contribution in [0.1, 0.15) is 102 Å². The van der Waals surface area contributed by atoms with Gasteiger partial charge in [-0.05, 0) is 109 Å². The molecule has 1 aromatic heterocycles. The Labute approximate surface area is 419 Å². The summed E-state index contributed by atoms with van der Waals surface area (Å²) in [5.41, 5.74) is 2.06. The maximum absolute atomic E-state index is 15.4. The number of ether oxygens (including phenoxy) is 2. The van der Waals surface area contributed by atoms with Gasteiger partial charge < -0.3 is 70.6 Å². The smallest absolute Gasteiger partial charge is 0.355 e. The number of imidazole rings is 1. The van der Waals surface area contributed by atoms with Gasteiger partial charge in [-0.1, -0.05) is 60.9 Å². The summed E-state index contributed by atoms with van der Waals surface area (Å²) in [5.74, 6) is -8.80. The van der Waals surface area contributed by atoms with Crippen molar-refractivity contribution < 1.29 is 75.2 Å². The number of H-pyrrole nitrogens is 1. The minimum atomic E-state index is -3.20. The molecule has 5 aliphatic rings. The molecule has 18 nitrogen and oxygen atoms in total. The standard InChI is InChI=1S/C55H59N3O15/c59-26-30-7-11-31(12-8-30)39(61)17-14-33-24-54(52(69)70)48(47(33)53-19-2-1-5-35(53)15-13-32-4-3-6-41(63)46(32)53)37-22-42(64)43(72-55(71)51(68)50(67)49(66)44(27-60)73-55)23-38(37)58(54)45(65)18-10-29-9-16-40(62)34(20-29)21-36-25-56-28-57-36/h3-4,6-12,16,18,20,22-25,28,35,39,44,47-51,59-64,66-68,71H,1-2,5,13-15,17,19,21,26-27H2,(H,56,57)(H,69,70). The molecular formula is C55H59N3O15. The number of aromatic nitrogens is 2. The summed E-state index contributed by atoms with van der Waals surface area (Å²) in [6, 6.07) is 19.3. The molecule has 10 rings (SSSR count). The van der Waals surface area contributed by atoms with Crippen LogP contribution < -0.4 is 9.64 Å². The first-order chi connectivity index (χ1) is 35.0. The number of carboxylic acid groups (broad SMARTS) is 1. The van der Waals surface area contributed by atoms with Gasteiger partial charge in [0, 0.05) is 58.8 Å². The number of carbonyl (C=O) groups excluding carboxylic acids is 1. The molecule has 384 valence electrons. The van der Waals surface area contributed by atoms with Crippen LogP contribution in [0.3, 0.4) is 0 Å². The van der Waals surface area contributed by atoms with E-state index in [1.807, 2.05) is 6.07 Å². The number of fused-ring (bicyclic) bond motifs is 6. The predicted octanol–water partition coefficient (Wildman–Crippen LogP) is 4.22. The van der Waals surface area contributed by atoms with Crippen molar-refractivity contribution >= 4 is 23.6 Å². The summed E-state index contributed by atoms with van der Waals surface area (Å²) in [5, 5.41) is 122. The van der Waals surface area contributed by atoms with Crippen LogP contribution >= 0.6 is 0 Å². The molecule has 0 radical (unpaired) electrons. The van der Waals surface area contributed by atoms with Crippen molar-refractivity contribution in [1.82, 2.24) is 9.97 Å². The van der Waals surface area contributed by atoms with Crippen molar-refractivity contribution in [2.45, 2.75) is 118 Å². The van der Waals surface area contributed by atoms with Crippen LogP contribution in [0.5, 0.6) is 23.0 Å². The van der Waals surface area contributed by atoms with Gasteiger partial charge in [-0.3, -0.25) is 9.69 Å². The highest BCUT2D eigenvalue weighted by molar-refractivity contribution is 6.13. The van der Waals surface area contributed by atoms with Crippen molar-refractivity contribution in [3.63, 3.8) is 0 Å². The Morgan fingerprint density at radius 3 is 2.45 bits per heavy atom.